The lowest BCUT2D eigenvalue weighted by molar-refractivity contribution is 0.0913. The van der Waals surface area contributed by atoms with E-state index in [0.717, 1.165) is 36.3 Å². The minimum absolute atomic E-state index is 0.00129. The first-order valence-electron chi connectivity index (χ1n) is 7.62. The zero-order valence-electron chi connectivity index (χ0n) is 12.9. The first kappa shape index (κ1) is 14.7. The number of piperidine rings is 1. The molecule has 0 aliphatic carbocycles. The van der Waals surface area contributed by atoms with Gasteiger partial charge in [0.1, 0.15) is 12.7 Å². The average molecular weight is 299 g/mol. The summed E-state index contributed by atoms with van der Waals surface area (Å²) in [5.74, 6) is 0.453. The summed E-state index contributed by atoms with van der Waals surface area (Å²) >= 11 is 0. The molecule has 116 valence electrons. The monoisotopic (exact) mass is 299 g/mol. The molecule has 0 bridgehead atoms. The summed E-state index contributed by atoms with van der Waals surface area (Å²) in [5.41, 5.74) is 2.56. The van der Waals surface area contributed by atoms with E-state index in [9.17, 15) is 4.79 Å². The van der Waals surface area contributed by atoms with Crippen molar-refractivity contribution in [2.75, 3.05) is 13.1 Å². The summed E-state index contributed by atoms with van der Waals surface area (Å²) in [5, 5.41) is 10.6. The molecule has 1 aliphatic rings. The lowest BCUT2D eigenvalue weighted by atomic mass is 9.94. The maximum atomic E-state index is 12.5. The van der Waals surface area contributed by atoms with E-state index in [1.54, 1.807) is 11.0 Å². The molecule has 1 aromatic carbocycles. The van der Waals surface area contributed by atoms with E-state index in [1.165, 1.54) is 6.33 Å². The number of aromatic nitrogens is 3. The molecule has 6 nitrogen and oxygen atoms in total. The van der Waals surface area contributed by atoms with Crippen LogP contribution in [0.5, 0.6) is 0 Å². The molecule has 2 aromatic rings. The zero-order chi connectivity index (χ0) is 15.5. The number of carbonyl (C=O) groups excluding carboxylic acids is 1. The largest absolute Gasteiger partial charge is 0.349 e. The van der Waals surface area contributed by atoms with Crippen LogP contribution in [-0.4, -0.2) is 39.8 Å². The van der Waals surface area contributed by atoms with Gasteiger partial charge in [0.25, 0.3) is 5.91 Å². The number of benzene rings is 1. The molecule has 1 aromatic heterocycles. The highest BCUT2D eigenvalue weighted by Gasteiger charge is 2.23. The number of amides is 1. The molecule has 2 N–H and O–H groups in total. The van der Waals surface area contributed by atoms with Crippen LogP contribution in [0.15, 0.2) is 30.9 Å². The molecule has 0 spiro atoms. The fraction of sp³-hybridized carbons (Fsp3) is 0.438. The van der Waals surface area contributed by atoms with Crippen LogP contribution >= 0.6 is 0 Å². The maximum absolute atomic E-state index is 12.5. The minimum Gasteiger partial charge on any atom is -0.349 e. The smallest absolute Gasteiger partial charge is 0.251 e. The van der Waals surface area contributed by atoms with Gasteiger partial charge in [-0.1, -0.05) is 6.92 Å². The van der Waals surface area contributed by atoms with Gasteiger partial charge in [-0.3, -0.25) is 4.79 Å². The number of carbonyl (C=O) groups is 1. The molecule has 2 unspecified atom stereocenters. The van der Waals surface area contributed by atoms with Crippen molar-refractivity contribution in [1.82, 2.24) is 25.4 Å². The van der Waals surface area contributed by atoms with Gasteiger partial charge < -0.3 is 10.6 Å². The molecule has 1 saturated heterocycles. The summed E-state index contributed by atoms with van der Waals surface area (Å²) in [6.07, 6.45) is 4.11. The predicted octanol–water partition coefficient (Wildman–Crippen LogP) is 1.30. The lowest BCUT2D eigenvalue weighted by Crippen LogP contribution is -2.48. The molecule has 22 heavy (non-hydrogen) atoms. The van der Waals surface area contributed by atoms with Crippen LogP contribution in [-0.2, 0) is 0 Å². The first-order valence-corrected chi connectivity index (χ1v) is 7.62. The number of rotatable bonds is 3. The summed E-state index contributed by atoms with van der Waals surface area (Å²) in [4.78, 5) is 16.4. The van der Waals surface area contributed by atoms with E-state index in [4.69, 9.17) is 0 Å². The summed E-state index contributed by atoms with van der Waals surface area (Å²) in [7, 11) is 0. The number of nitrogens with zero attached hydrogens (tertiary/aromatic N) is 3. The SMILES string of the molecule is Cc1cc(-n2cncn2)ccc1C(=O)NC1CCNCC1C. The summed E-state index contributed by atoms with van der Waals surface area (Å²) < 4.78 is 1.68. The standard InChI is InChI=1S/C16H21N5O/c1-11-7-13(21-10-18-9-19-21)3-4-14(11)16(22)20-15-5-6-17-8-12(15)2/h3-4,7,9-10,12,15,17H,5-6,8H2,1-2H3,(H,20,22). The predicted molar refractivity (Wildman–Crippen MR) is 84.0 cm³/mol. The molecule has 0 radical (unpaired) electrons. The van der Waals surface area contributed by atoms with E-state index in [1.807, 2.05) is 25.1 Å². The summed E-state index contributed by atoms with van der Waals surface area (Å²) in [6.45, 7) is 6.02. The Morgan fingerprint density at radius 1 is 1.45 bits per heavy atom. The maximum Gasteiger partial charge on any atom is 0.251 e. The number of nitrogens with one attached hydrogen (secondary N) is 2. The van der Waals surface area contributed by atoms with Gasteiger partial charge in [-0.15, -0.1) is 0 Å². The molecule has 2 heterocycles. The van der Waals surface area contributed by atoms with Crippen LogP contribution in [0.25, 0.3) is 5.69 Å². The third-order valence-corrected chi connectivity index (χ3v) is 4.24. The average Bonchev–Trinajstić information content (AvgIpc) is 3.03. The van der Waals surface area contributed by atoms with Gasteiger partial charge in [0.05, 0.1) is 5.69 Å². The van der Waals surface area contributed by atoms with Crippen LogP contribution in [0.2, 0.25) is 0 Å². The third-order valence-electron chi connectivity index (χ3n) is 4.24. The molecule has 2 atom stereocenters. The fourth-order valence-electron chi connectivity index (χ4n) is 2.86. The normalized spacial score (nSPS) is 21.5. The van der Waals surface area contributed by atoms with Crippen LogP contribution in [0.4, 0.5) is 0 Å². The van der Waals surface area contributed by atoms with Crippen molar-refractivity contribution in [2.24, 2.45) is 5.92 Å². The molecular weight excluding hydrogens is 278 g/mol. The van der Waals surface area contributed by atoms with E-state index in [0.29, 0.717) is 5.92 Å². The second-order valence-electron chi connectivity index (χ2n) is 5.89. The van der Waals surface area contributed by atoms with E-state index in [2.05, 4.69) is 27.6 Å². The van der Waals surface area contributed by atoms with Crippen molar-refractivity contribution in [3.05, 3.63) is 42.0 Å². The Hall–Kier alpha value is -2.21. The first-order chi connectivity index (χ1) is 10.6. The molecule has 6 heteroatoms. The van der Waals surface area contributed by atoms with Gasteiger partial charge >= 0.3 is 0 Å². The van der Waals surface area contributed by atoms with E-state index >= 15 is 0 Å². The van der Waals surface area contributed by atoms with Crippen molar-refractivity contribution < 1.29 is 4.79 Å². The topological polar surface area (TPSA) is 71.8 Å². The van der Waals surface area contributed by atoms with Crippen molar-refractivity contribution in [1.29, 1.82) is 0 Å². The Kier molecular flexibility index (Phi) is 4.20. The minimum atomic E-state index is 0.00129. The van der Waals surface area contributed by atoms with Crippen molar-refractivity contribution in [3.8, 4) is 5.69 Å². The quantitative estimate of drug-likeness (QED) is 0.896. The van der Waals surface area contributed by atoms with Gasteiger partial charge in [-0.05, 0) is 56.1 Å². The van der Waals surface area contributed by atoms with E-state index in [-0.39, 0.29) is 11.9 Å². The van der Waals surface area contributed by atoms with Crippen molar-refractivity contribution in [2.45, 2.75) is 26.3 Å². The Labute approximate surface area is 129 Å². The van der Waals surface area contributed by atoms with Gasteiger partial charge in [-0.25, -0.2) is 9.67 Å². The molecular formula is C16H21N5O. The Morgan fingerprint density at radius 2 is 2.32 bits per heavy atom. The van der Waals surface area contributed by atoms with Gasteiger partial charge in [-0.2, -0.15) is 5.10 Å². The van der Waals surface area contributed by atoms with Crippen LogP contribution < -0.4 is 10.6 Å². The van der Waals surface area contributed by atoms with Crippen LogP contribution in [0.1, 0.15) is 29.3 Å². The highest BCUT2D eigenvalue weighted by atomic mass is 16.1. The Morgan fingerprint density at radius 3 is 3.00 bits per heavy atom. The van der Waals surface area contributed by atoms with Gasteiger partial charge in [0, 0.05) is 11.6 Å². The number of hydrogen-bond donors (Lipinski definition) is 2. The zero-order valence-corrected chi connectivity index (χ0v) is 12.9. The van der Waals surface area contributed by atoms with Crippen LogP contribution in [0.3, 0.4) is 0 Å². The second-order valence-corrected chi connectivity index (χ2v) is 5.89. The molecule has 0 saturated carbocycles. The molecule has 1 amide bonds. The lowest BCUT2D eigenvalue weighted by Gasteiger charge is -2.30. The summed E-state index contributed by atoms with van der Waals surface area (Å²) in [6, 6.07) is 5.94. The molecule has 1 fully saturated rings. The third kappa shape index (κ3) is 3.01. The second kappa shape index (κ2) is 6.27. The number of aryl methyl sites for hydroxylation is 1. The Bertz CT molecular complexity index is 653. The molecule has 3 rings (SSSR count). The highest BCUT2D eigenvalue weighted by molar-refractivity contribution is 5.96. The molecule has 1 aliphatic heterocycles. The van der Waals surface area contributed by atoms with Gasteiger partial charge in [0.2, 0.25) is 0 Å². The fourth-order valence-corrected chi connectivity index (χ4v) is 2.86. The van der Waals surface area contributed by atoms with Crippen LogP contribution in [0, 0.1) is 12.8 Å². The van der Waals surface area contributed by atoms with Crippen molar-refractivity contribution in [3.63, 3.8) is 0 Å². The van der Waals surface area contributed by atoms with E-state index < -0.39 is 0 Å². The Balaban J connectivity index is 1.75. The number of hydrogen-bond acceptors (Lipinski definition) is 4. The van der Waals surface area contributed by atoms with Crippen molar-refractivity contribution >= 4 is 5.91 Å². The highest BCUT2D eigenvalue weighted by Crippen LogP contribution is 2.16. The van der Waals surface area contributed by atoms with Gasteiger partial charge in [0.15, 0.2) is 0 Å².